The van der Waals surface area contributed by atoms with E-state index in [1.54, 1.807) is 24.3 Å². The molecule has 8 nitrogen and oxygen atoms in total. The van der Waals surface area contributed by atoms with Crippen molar-refractivity contribution < 1.29 is 14.7 Å². The van der Waals surface area contributed by atoms with E-state index in [9.17, 15) is 14.7 Å². The maximum absolute atomic E-state index is 13.1. The molecule has 0 heterocycles. The lowest BCUT2D eigenvalue weighted by atomic mass is 10.1. The van der Waals surface area contributed by atoms with Crippen molar-refractivity contribution in [2.75, 3.05) is 39.3 Å². The first-order valence-corrected chi connectivity index (χ1v) is 12.7. The zero-order chi connectivity index (χ0) is 23.2. The number of aliphatic carboxylic acids is 1. The number of benzene rings is 1. The van der Waals surface area contributed by atoms with Crippen LogP contribution in [0.3, 0.4) is 0 Å². The second-order valence-electron chi connectivity index (χ2n) is 7.05. The van der Waals surface area contributed by atoms with Gasteiger partial charge in [0.15, 0.2) is 5.70 Å². The third-order valence-electron chi connectivity index (χ3n) is 5.70. The van der Waals surface area contributed by atoms with Crippen LogP contribution < -0.4 is 0 Å². The third kappa shape index (κ3) is 4.48. The Balaban J connectivity index is 2.74. The molecule has 0 aromatic heterocycles. The number of carboxylic acids is 1. The molecule has 9 heteroatoms. The highest BCUT2D eigenvalue weighted by Crippen LogP contribution is 2.69. The minimum atomic E-state index is -2.48. The molecule has 1 N–H and O–H groups in total. The second kappa shape index (κ2) is 11.0. The van der Waals surface area contributed by atoms with Crippen molar-refractivity contribution in [3.8, 4) is 0 Å². The molecule has 0 radical (unpaired) electrons. The third-order valence-corrected chi connectivity index (χ3v) is 10.0. The first-order chi connectivity index (χ1) is 14.9. The molecule has 0 fully saturated rings. The smallest absolute Gasteiger partial charge is 0.379 e. The molecule has 1 aromatic carbocycles. The fourth-order valence-corrected chi connectivity index (χ4v) is 8.10. The Morgan fingerprint density at radius 1 is 0.839 bits per heavy atom. The summed E-state index contributed by atoms with van der Waals surface area (Å²) in [6.07, 6.45) is 0. The summed E-state index contributed by atoms with van der Waals surface area (Å²) in [5, 5.41) is 14.3. The quantitative estimate of drug-likeness (QED) is 0.364. The van der Waals surface area contributed by atoms with Crippen LogP contribution >= 0.6 is 7.87 Å². The van der Waals surface area contributed by atoms with Crippen LogP contribution in [0.2, 0.25) is 0 Å². The van der Waals surface area contributed by atoms with Crippen LogP contribution in [0.1, 0.15) is 57.5 Å². The first-order valence-electron chi connectivity index (χ1n) is 11.1. The van der Waals surface area contributed by atoms with Crippen LogP contribution in [0.25, 0.3) is 5.57 Å². The molecule has 0 saturated heterocycles. The molecule has 1 aromatic rings. The van der Waals surface area contributed by atoms with Crippen molar-refractivity contribution in [3.63, 3.8) is 0 Å². The van der Waals surface area contributed by atoms with Gasteiger partial charge in [0.25, 0.3) is 0 Å². The molecule has 170 valence electrons. The Kier molecular flexibility index (Phi) is 9.01. The monoisotopic (exact) mass is 448 g/mol. The summed E-state index contributed by atoms with van der Waals surface area (Å²) in [6, 6.07) is 6.76. The summed E-state index contributed by atoms with van der Waals surface area (Å²) in [4.78, 5) is 30.0. The van der Waals surface area contributed by atoms with Crippen LogP contribution in [0.5, 0.6) is 0 Å². The van der Waals surface area contributed by atoms with Gasteiger partial charge in [-0.1, -0.05) is 24.3 Å². The SMILES string of the molecule is CCN(CC)[P+](N=NC1=C(C(=O)O)c2ccccc2C1=O)(N(CC)CC)N(CC)CC. The number of carbonyl (C=O) groups is 2. The number of hydrogen-bond acceptors (Lipinski definition) is 7. The number of fused-ring (bicyclic) bond motifs is 1. The van der Waals surface area contributed by atoms with Gasteiger partial charge in [0.1, 0.15) is 0 Å². The lowest BCUT2D eigenvalue weighted by molar-refractivity contribution is -0.130. The van der Waals surface area contributed by atoms with E-state index in [0.29, 0.717) is 11.1 Å². The summed E-state index contributed by atoms with van der Waals surface area (Å²) < 4.78 is 6.93. The molecular formula is C22H35N5O3P+. The van der Waals surface area contributed by atoms with Crippen LogP contribution in [-0.2, 0) is 4.79 Å². The molecule has 0 aliphatic heterocycles. The molecule has 0 amide bonds. The van der Waals surface area contributed by atoms with E-state index in [4.69, 9.17) is 4.88 Å². The van der Waals surface area contributed by atoms with Gasteiger partial charge in [-0.05, 0) is 41.5 Å². The summed E-state index contributed by atoms with van der Waals surface area (Å²) in [6.45, 7) is 17.2. The van der Waals surface area contributed by atoms with Gasteiger partial charge in [0.05, 0.1) is 5.57 Å². The van der Waals surface area contributed by atoms with Crippen molar-refractivity contribution >= 4 is 25.2 Å². The highest BCUT2D eigenvalue weighted by Gasteiger charge is 2.56. The summed E-state index contributed by atoms with van der Waals surface area (Å²) in [7, 11) is -2.48. The van der Waals surface area contributed by atoms with E-state index < -0.39 is 13.8 Å². The van der Waals surface area contributed by atoms with E-state index in [1.165, 1.54) is 0 Å². The van der Waals surface area contributed by atoms with Gasteiger partial charge in [0, 0.05) is 55.3 Å². The fourth-order valence-electron chi connectivity index (χ4n) is 4.20. The van der Waals surface area contributed by atoms with Crippen molar-refractivity contribution in [1.82, 2.24) is 14.0 Å². The number of carbonyl (C=O) groups excluding carboxylic acids is 1. The van der Waals surface area contributed by atoms with Gasteiger partial charge in [0.2, 0.25) is 5.78 Å². The van der Waals surface area contributed by atoms with Crippen molar-refractivity contribution in [1.29, 1.82) is 0 Å². The Morgan fingerprint density at radius 2 is 1.26 bits per heavy atom. The van der Waals surface area contributed by atoms with Gasteiger partial charge in [-0.15, -0.1) is 19.1 Å². The van der Waals surface area contributed by atoms with Crippen LogP contribution in [0.15, 0.2) is 40.0 Å². The van der Waals surface area contributed by atoms with Gasteiger partial charge in [-0.3, -0.25) is 4.79 Å². The first kappa shape index (κ1) is 25.3. The molecule has 0 bridgehead atoms. The summed E-state index contributed by atoms with van der Waals surface area (Å²) >= 11 is 0. The Morgan fingerprint density at radius 3 is 1.65 bits per heavy atom. The molecular weight excluding hydrogens is 413 g/mol. The molecule has 0 spiro atoms. The molecule has 1 aliphatic carbocycles. The van der Waals surface area contributed by atoms with E-state index in [0.717, 1.165) is 39.3 Å². The van der Waals surface area contributed by atoms with Crippen molar-refractivity contribution in [3.05, 3.63) is 41.1 Å². The number of rotatable bonds is 12. The molecule has 2 rings (SSSR count). The molecule has 1 aliphatic rings. The zero-order valence-electron chi connectivity index (χ0n) is 19.5. The standard InChI is InChI=1S/C22H34N5O3P/c1-7-25(8-2)31(26(9-3)10-4,27(11-5)12-6)24-23-20-19(22(29)30)17-15-13-14-16-18(17)21(20)28/h13-16H,7-12H2,1-6H3/p+1. The molecule has 31 heavy (non-hydrogen) atoms. The number of allylic oxidation sites excluding steroid dienone is 1. The predicted molar refractivity (Wildman–Crippen MR) is 126 cm³/mol. The van der Waals surface area contributed by atoms with Gasteiger partial charge < -0.3 is 5.11 Å². The van der Waals surface area contributed by atoms with Crippen molar-refractivity contribution in [2.24, 2.45) is 10.00 Å². The lowest BCUT2D eigenvalue weighted by Crippen LogP contribution is -2.44. The molecule has 0 saturated carbocycles. The Hall–Kier alpha value is -1.99. The van der Waals surface area contributed by atoms with E-state index >= 15 is 0 Å². The minimum Gasteiger partial charge on any atom is -0.478 e. The van der Waals surface area contributed by atoms with Crippen LogP contribution in [0.4, 0.5) is 0 Å². The zero-order valence-corrected chi connectivity index (χ0v) is 20.4. The number of carboxylic acid groups (broad SMARTS) is 1. The number of hydrogen-bond donors (Lipinski definition) is 1. The van der Waals surface area contributed by atoms with E-state index in [1.807, 2.05) is 0 Å². The molecule has 0 atom stereocenters. The predicted octanol–water partition coefficient (Wildman–Crippen LogP) is 4.83. The summed E-state index contributed by atoms with van der Waals surface area (Å²) in [5.41, 5.74) is 0.628. The Labute approximate surface area is 186 Å². The highest BCUT2D eigenvalue weighted by atomic mass is 31.2. The van der Waals surface area contributed by atoms with E-state index in [2.05, 4.69) is 60.7 Å². The maximum atomic E-state index is 13.1. The maximum Gasteiger partial charge on any atom is 0.379 e. The summed E-state index contributed by atoms with van der Waals surface area (Å²) in [5.74, 6) is -1.54. The number of Topliss-reactive ketones (excluding diaryl/α,β-unsaturated/α-hetero) is 1. The second-order valence-corrected chi connectivity index (χ2v) is 10.00. The van der Waals surface area contributed by atoms with Gasteiger partial charge in [-0.2, -0.15) is 0 Å². The van der Waals surface area contributed by atoms with Crippen molar-refractivity contribution in [2.45, 2.75) is 41.5 Å². The lowest BCUT2D eigenvalue weighted by Gasteiger charge is -2.41. The van der Waals surface area contributed by atoms with Gasteiger partial charge in [-0.25, -0.2) is 4.79 Å². The number of ketones is 1. The minimum absolute atomic E-state index is 0.0684. The average molecular weight is 449 g/mol. The Bertz CT molecular complexity index is 827. The van der Waals surface area contributed by atoms with Gasteiger partial charge >= 0.3 is 13.8 Å². The van der Waals surface area contributed by atoms with Crippen LogP contribution in [-0.4, -0.2) is 70.1 Å². The molecule has 0 unspecified atom stereocenters. The largest absolute Gasteiger partial charge is 0.478 e. The van der Waals surface area contributed by atoms with Crippen LogP contribution in [0, 0.1) is 0 Å². The topological polar surface area (TPSA) is 88.8 Å². The average Bonchev–Trinajstić information content (AvgIpc) is 3.06. The normalized spacial score (nSPS) is 14.5. The number of nitrogens with zero attached hydrogens (tertiary/aromatic N) is 5. The van der Waals surface area contributed by atoms with E-state index in [-0.39, 0.29) is 17.1 Å². The highest BCUT2D eigenvalue weighted by molar-refractivity contribution is 7.67. The fraction of sp³-hybridized carbons (Fsp3) is 0.545.